The number of ether oxygens (including phenoxy) is 2. The molecule has 0 radical (unpaired) electrons. The largest absolute Gasteiger partial charge is 0.373 e. The van der Waals surface area contributed by atoms with Crippen molar-refractivity contribution in [2.24, 2.45) is 5.41 Å². The second-order valence-corrected chi connectivity index (χ2v) is 8.27. The lowest BCUT2D eigenvalue weighted by Crippen LogP contribution is -2.46. The molecule has 0 unspecified atom stereocenters. The monoisotopic (exact) mass is 310 g/mol. The summed E-state index contributed by atoms with van der Waals surface area (Å²) in [4.78, 5) is 0. The van der Waals surface area contributed by atoms with Crippen molar-refractivity contribution >= 4 is 10.8 Å². The standard InChI is InChI=1S/C21H26O2/c1-19(2)12-18(13-20(3)21(19,4)23-20)22-14-15-9-10-16-7-5-6-8-17(16)11-15/h5-11,18H,12-14H2,1-4H3/t18-,20+,21-/m0/s1. The number of fused-ring (bicyclic) bond motifs is 2. The molecule has 2 heteroatoms. The first-order valence-electron chi connectivity index (χ1n) is 8.63. The van der Waals surface area contributed by atoms with Crippen LogP contribution in [0.25, 0.3) is 10.8 Å². The number of hydrogen-bond acceptors (Lipinski definition) is 2. The molecule has 1 aliphatic heterocycles. The maximum Gasteiger partial charge on any atom is 0.100 e. The molecule has 0 amide bonds. The van der Waals surface area contributed by atoms with Crippen molar-refractivity contribution in [1.29, 1.82) is 0 Å². The Balaban J connectivity index is 1.46. The van der Waals surface area contributed by atoms with Crippen LogP contribution in [-0.2, 0) is 16.1 Å². The molecule has 0 aromatic heterocycles. The second kappa shape index (κ2) is 4.81. The molecule has 122 valence electrons. The summed E-state index contributed by atoms with van der Waals surface area (Å²) in [6.07, 6.45) is 2.34. The highest BCUT2D eigenvalue weighted by atomic mass is 16.6. The zero-order valence-electron chi connectivity index (χ0n) is 14.6. The molecule has 1 heterocycles. The molecule has 1 aliphatic carbocycles. The van der Waals surface area contributed by atoms with Gasteiger partial charge in [0.15, 0.2) is 0 Å². The zero-order chi connectivity index (χ0) is 16.3. The third-order valence-corrected chi connectivity index (χ3v) is 6.34. The Morgan fingerprint density at radius 3 is 2.48 bits per heavy atom. The first-order chi connectivity index (χ1) is 10.8. The van der Waals surface area contributed by atoms with Gasteiger partial charge in [0, 0.05) is 6.42 Å². The topological polar surface area (TPSA) is 21.8 Å². The van der Waals surface area contributed by atoms with E-state index in [2.05, 4.69) is 70.2 Å². The first kappa shape index (κ1) is 15.2. The summed E-state index contributed by atoms with van der Waals surface area (Å²) in [6, 6.07) is 15.1. The van der Waals surface area contributed by atoms with E-state index >= 15 is 0 Å². The summed E-state index contributed by atoms with van der Waals surface area (Å²) < 4.78 is 12.4. The molecule has 0 spiro atoms. The Labute approximate surface area is 138 Å². The van der Waals surface area contributed by atoms with Crippen molar-refractivity contribution in [2.75, 3.05) is 0 Å². The molecule has 2 aliphatic rings. The van der Waals surface area contributed by atoms with E-state index in [9.17, 15) is 0 Å². The van der Waals surface area contributed by atoms with Crippen LogP contribution >= 0.6 is 0 Å². The zero-order valence-corrected chi connectivity index (χ0v) is 14.6. The first-order valence-corrected chi connectivity index (χ1v) is 8.63. The average Bonchev–Trinajstić information content (AvgIpc) is 3.08. The van der Waals surface area contributed by atoms with E-state index in [1.165, 1.54) is 16.3 Å². The van der Waals surface area contributed by atoms with Crippen molar-refractivity contribution in [3.8, 4) is 0 Å². The van der Waals surface area contributed by atoms with E-state index in [4.69, 9.17) is 9.47 Å². The minimum atomic E-state index is -0.0111. The molecule has 0 bridgehead atoms. The van der Waals surface area contributed by atoms with Gasteiger partial charge in [-0.1, -0.05) is 50.2 Å². The number of benzene rings is 2. The van der Waals surface area contributed by atoms with Gasteiger partial charge in [-0.05, 0) is 48.1 Å². The van der Waals surface area contributed by atoms with E-state index < -0.39 is 0 Å². The summed E-state index contributed by atoms with van der Waals surface area (Å²) >= 11 is 0. The predicted octanol–water partition coefficient (Wildman–Crippen LogP) is 5.09. The van der Waals surface area contributed by atoms with E-state index in [1.807, 2.05) is 0 Å². The van der Waals surface area contributed by atoms with Crippen molar-refractivity contribution in [3.05, 3.63) is 48.0 Å². The molecule has 2 aromatic carbocycles. The molecular weight excluding hydrogens is 284 g/mol. The van der Waals surface area contributed by atoms with Crippen molar-refractivity contribution in [2.45, 2.75) is 64.4 Å². The highest BCUT2D eigenvalue weighted by molar-refractivity contribution is 5.82. The van der Waals surface area contributed by atoms with Crippen LogP contribution in [0.3, 0.4) is 0 Å². The lowest BCUT2D eigenvalue weighted by atomic mass is 9.64. The van der Waals surface area contributed by atoms with Crippen LogP contribution in [0.2, 0.25) is 0 Å². The highest BCUT2D eigenvalue weighted by Crippen LogP contribution is 2.65. The number of rotatable bonds is 3. The smallest absolute Gasteiger partial charge is 0.100 e. The average molecular weight is 310 g/mol. The van der Waals surface area contributed by atoms with Gasteiger partial charge in [-0.15, -0.1) is 0 Å². The molecular formula is C21H26O2. The van der Waals surface area contributed by atoms with E-state index in [-0.39, 0.29) is 22.7 Å². The number of hydrogen-bond donors (Lipinski definition) is 0. The van der Waals surface area contributed by atoms with E-state index in [0.717, 1.165) is 12.8 Å². The van der Waals surface area contributed by atoms with Gasteiger partial charge < -0.3 is 9.47 Å². The van der Waals surface area contributed by atoms with Crippen LogP contribution in [0.15, 0.2) is 42.5 Å². The van der Waals surface area contributed by atoms with Crippen LogP contribution in [0, 0.1) is 5.41 Å². The fraction of sp³-hybridized carbons (Fsp3) is 0.524. The Bertz CT molecular complexity index is 750. The predicted molar refractivity (Wildman–Crippen MR) is 93.4 cm³/mol. The van der Waals surface area contributed by atoms with Crippen LogP contribution in [0.5, 0.6) is 0 Å². The van der Waals surface area contributed by atoms with Gasteiger partial charge in [0.25, 0.3) is 0 Å². The maximum absolute atomic E-state index is 6.28. The minimum absolute atomic E-state index is 0.0111. The SMILES string of the molecule is CC1(C)C[C@H](OCc2ccc3ccccc3c2)C[C@@]2(C)O[C@@]12C. The molecule has 2 fully saturated rings. The second-order valence-electron chi connectivity index (χ2n) is 8.27. The van der Waals surface area contributed by atoms with Gasteiger partial charge in [0.2, 0.25) is 0 Å². The van der Waals surface area contributed by atoms with Gasteiger partial charge >= 0.3 is 0 Å². The van der Waals surface area contributed by atoms with Crippen molar-refractivity contribution in [3.63, 3.8) is 0 Å². The van der Waals surface area contributed by atoms with Gasteiger partial charge in [0.05, 0.1) is 18.3 Å². The quantitative estimate of drug-likeness (QED) is 0.736. The van der Waals surface area contributed by atoms with Crippen LogP contribution in [-0.4, -0.2) is 17.3 Å². The Morgan fingerprint density at radius 1 is 1.00 bits per heavy atom. The van der Waals surface area contributed by atoms with Crippen LogP contribution in [0.4, 0.5) is 0 Å². The molecule has 3 atom stereocenters. The molecule has 2 nitrogen and oxygen atoms in total. The normalized spacial score (nSPS) is 35.0. The Hall–Kier alpha value is -1.38. The summed E-state index contributed by atoms with van der Waals surface area (Å²) in [6.45, 7) is 9.79. The molecule has 4 rings (SSSR count). The Morgan fingerprint density at radius 2 is 1.74 bits per heavy atom. The lowest BCUT2D eigenvalue weighted by Gasteiger charge is -2.40. The maximum atomic E-state index is 6.28. The summed E-state index contributed by atoms with van der Waals surface area (Å²) in [7, 11) is 0. The van der Waals surface area contributed by atoms with Gasteiger partial charge in [0.1, 0.15) is 5.60 Å². The Kier molecular flexibility index (Phi) is 3.17. The summed E-state index contributed by atoms with van der Waals surface area (Å²) in [5.41, 5.74) is 1.41. The molecule has 0 N–H and O–H groups in total. The third-order valence-electron chi connectivity index (χ3n) is 6.34. The fourth-order valence-corrected chi connectivity index (χ4v) is 4.45. The van der Waals surface area contributed by atoms with Gasteiger partial charge in [-0.3, -0.25) is 0 Å². The molecule has 1 saturated carbocycles. The third kappa shape index (κ3) is 2.31. The summed E-state index contributed by atoms with van der Waals surface area (Å²) in [5.74, 6) is 0. The summed E-state index contributed by atoms with van der Waals surface area (Å²) in [5, 5.41) is 2.56. The molecule has 1 saturated heterocycles. The molecule has 2 aromatic rings. The van der Waals surface area contributed by atoms with Crippen molar-refractivity contribution < 1.29 is 9.47 Å². The van der Waals surface area contributed by atoms with Gasteiger partial charge in [-0.2, -0.15) is 0 Å². The molecule has 23 heavy (non-hydrogen) atoms. The van der Waals surface area contributed by atoms with Gasteiger partial charge in [-0.25, -0.2) is 0 Å². The van der Waals surface area contributed by atoms with Crippen LogP contribution in [0.1, 0.15) is 46.1 Å². The van der Waals surface area contributed by atoms with Crippen molar-refractivity contribution in [1.82, 2.24) is 0 Å². The fourth-order valence-electron chi connectivity index (χ4n) is 4.45. The van der Waals surface area contributed by atoms with E-state index in [1.54, 1.807) is 0 Å². The number of epoxide rings is 1. The minimum Gasteiger partial charge on any atom is -0.373 e. The highest BCUT2D eigenvalue weighted by Gasteiger charge is 2.73. The lowest BCUT2D eigenvalue weighted by molar-refractivity contribution is -0.0268. The van der Waals surface area contributed by atoms with E-state index in [0.29, 0.717) is 6.61 Å². The van der Waals surface area contributed by atoms with Crippen LogP contribution < -0.4 is 0 Å².